The van der Waals surface area contributed by atoms with Crippen molar-refractivity contribution < 1.29 is 19.4 Å². The number of aromatic carboxylic acids is 1. The Hall–Kier alpha value is -2.54. The predicted molar refractivity (Wildman–Crippen MR) is 81.1 cm³/mol. The smallest absolute Gasteiger partial charge is 0.360 e. The molecule has 0 aliphatic carbocycles. The Bertz CT molecular complexity index is 635. The molecule has 0 unspecified atom stereocenters. The Morgan fingerprint density at radius 3 is 2.55 bits per heavy atom. The molecule has 7 heteroatoms. The zero-order valence-electron chi connectivity index (χ0n) is 12.8. The van der Waals surface area contributed by atoms with Crippen molar-refractivity contribution in [1.29, 1.82) is 0 Å². The highest BCUT2D eigenvalue weighted by Gasteiger charge is 2.18. The minimum Gasteiger partial charge on any atom is -0.497 e. The van der Waals surface area contributed by atoms with Crippen LogP contribution in [-0.4, -0.2) is 60.1 Å². The van der Waals surface area contributed by atoms with Crippen LogP contribution in [0.5, 0.6) is 11.5 Å². The fraction of sp³-hybridized carbons (Fsp3) is 0.333. The summed E-state index contributed by atoms with van der Waals surface area (Å²) in [5, 5.41) is 13.3. The second-order valence-electron chi connectivity index (χ2n) is 4.94. The van der Waals surface area contributed by atoms with Gasteiger partial charge in [0.15, 0.2) is 5.75 Å². The van der Waals surface area contributed by atoms with Crippen molar-refractivity contribution in [1.82, 2.24) is 14.7 Å². The van der Waals surface area contributed by atoms with Crippen LogP contribution in [-0.2, 0) is 0 Å². The van der Waals surface area contributed by atoms with Crippen molar-refractivity contribution in [2.24, 2.45) is 0 Å². The molecule has 2 rings (SSSR count). The topological polar surface area (TPSA) is 76.8 Å². The largest absolute Gasteiger partial charge is 0.497 e. The molecule has 0 fully saturated rings. The Balaban J connectivity index is 2.23. The van der Waals surface area contributed by atoms with E-state index in [1.165, 1.54) is 4.68 Å². The number of rotatable bonds is 7. The number of methoxy groups -OCH3 is 1. The van der Waals surface area contributed by atoms with E-state index in [0.29, 0.717) is 13.2 Å². The Kier molecular flexibility index (Phi) is 5.00. The van der Waals surface area contributed by atoms with Crippen molar-refractivity contribution >= 4 is 5.97 Å². The van der Waals surface area contributed by atoms with Crippen LogP contribution in [0.3, 0.4) is 0 Å². The summed E-state index contributed by atoms with van der Waals surface area (Å²) in [7, 11) is 5.42. The summed E-state index contributed by atoms with van der Waals surface area (Å²) in [6.45, 7) is 1.08. The third-order valence-electron chi connectivity index (χ3n) is 3.02. The second-order valence-corrected chi connectivity index (χ2v) is 4.94. The first kappa shape index (κ1) is 15.8. The van der Waals surface area contributed by atoms with Gasteiger partial charge < -0.3 is 19.5 Å². The van der Waals surface area contributed by atoms with Gasteiger partial charge in [-0.2, -0.15) is 5.10 Å². The molecule has 0 spiro atoms. The van der Waals surface area contributed by atoms with Gasteiger partial charge in [0.25, 0.3) is 0 Å². The van der Waals surface area contributed by atoms with Crippen LogP contribution in [0.1, 0.15) is 10.5 Å². The van der Waals surface area contributed by atoms with Crippen molar-refractivity contribution in [3.8, 4) is 17.2 Å². The number of ether oxygens (including phenoxy) is 2. The Labute approximate surface area is 128 Å². The summed E-state index contributed by atoms with van der Waals surface area (Å²) in [4.78, 5) is 13.2. The summed E-state index contributed by atoms with van der Waals surface area (Å²) in [5.74, 6) is -0.144. The van der Waals surface area contributed by atoms with Crippen molar-refractivity contribution in [2.75, 3.05) is 34.4 Å². The lowest BCUT2D eigenvalue weighted by Crippen LogP contribution is -2.19. The molecule has 0 atom stereocenters. The van der Waals surface area contributed by atoms with Crippen LogP contribution in [0.2, 0.25) is 0 Å². The molecular weight excluding hydrogens is 286 g/mol. The first-order valence-electron chi connectivity index (χ1n) is 6.76. The van der Waals surface area contributed by atoms with E-state index in [-0.39, 0.29) is 11.4 Å². The van der Waals surface area contributed by atoms with E-state index >= 15 is 0 Å². The second kappa shape index (κ2) is 6.95. The van der Waals surface area contributed by atoms with Crippen LogP contribution < -0.4 is 9.47 Å². The van der Waals surface area contributed by atoms with E-state index < -0.39 is 5.97 Å². The van der Waals surface area contributed by atoms with Gasteiger partial charge in [0, 0.05) is 6.54 Å². The van der Waals surface area contributed by atoms with Crippen LogP contribution in [0.4, 0.5) is 0 Å². The average Bonchev–Trinajstić information content (AvgIpc) is 2.91. The molecule has 1 N–H and O–H groups in total. The SMILES string of the molecule is COc1ccc(-n2cc(OCCN(C)C)c(C(=O)O)n2)cc1. The third-order valence-corrected chi connectivity index (χ3v) is 3.02. The fourth-order valence-corrected chi connectivity index (χ4v) is 1.82. The van der Waals surface area contributed by atoms with Crippen molar-refractivity contribution in [3.05, 3.63) is 36.2 Å². The van der Waals surface area contributed by atoms with Gasteiger partial charge in [-0.25, -0.2) is 9.48 Å². The predicted octanol–water partition coefficient (Wildman–Crippen LogP) is 1.52. The summed E-state index contributed by atoms with van der Waals surface area (Å²) in [6, 6.07) is 7.15. The first-order chi connectivity index (χ1) is 10.5. The molecular formula is C15H19N3O4. The number of hydrogen-bond acceptors (Lipinski definition) is 5. The number of aromatic nitrogens is 2. The number of likely N-dealkylation sites (N-methyl/N-ethyl adjacent to an activating group) is 1. The van der Waals surface area contributed by atoms with Gasteiger partial charge in [0.2, 0.25) is 5.69 Å². The standard InChI is InChI=1S/C15H19N3O4/c1-17(2)8-9-22-13-10-18(16-14(13)15(19)20)11-4-6-12(21-3)7-5-11/h4-7,10H,8-9H2,1-3H3,(H,19,20). The molecule has 1 aromatic carbocycles. The van der Waals surface area contributed by atoms with Crippen molar-refractivity contribution in [2.45, 2.75) is 0 Å². The van der Waals surface area contributed by atoms with Crippen LogP contribution in [0.25, 0.3) is 5.69 Å². The normalized spacial score (nSPS) is 10.7. The molecule has 0 radical (unpaired) electrons. The fourth-order valence-electron chi connectivity index (χ4n) is 1.82. The number of carboxylic acid groups (broad SMARTS) is 1. The molecule has 118 valence electrons. The van der Waals surface area contributed by atoms with E-state index in [0.717, 1.165) is 11.4 Å². The van der Waals surface area contributed by atoms with Crippen LogP contribution in [0.15, 0.2) is 30.5 Å². The zero-order valence-corrected chi connectivity index (χ0v) is 12.8. The van der Waals surface area contributed by atoms with Crippen LogP contribution in [0, 0.1) is 0 Å². The lowest BCUT2D eigenvalue weighted by Gasteiger charge is -2.09. The molecule has 0 saturated carbocycles. The minimum absolute atomic E-state index is 0.102. The maximum atomic E-state index is 11.3. The molecule has 1 aromatic heterocycles. The number of benzene rings is 1. The molecule has 0 aliphatic heterocycles. The Morgan fingerprint density at radius 2 is 2.00 bits per heavy atom. The molecule has 0 aliphatic rings. The highest BCUT2D eigenvalue weighted by Crippen LogP contribution is 2.21. The summed E-state index contributed by atoms with van der Waals surface area (Å²) < 4.78 is 12.1. The number of hydrogen-bond donors (Lipinski definition) is 1. The molecule has 7 nitrogen and oxygen atoms in total. The zero-order chi connectivity index (χ0) is 16.1. The third kappa shape index (κ3) is 3.76. The summed E-state index contributed by atoms with van der Waals surface area (Å²) in [5.41, 5.74) is 0.625. The molecule has 0 amide bonds. The van der Waals surface area contributed by atoms with Gasteiger partial charge in [0.1, 0.15) is 12.4 Å². The minimum atomic E-state index is -1.12. The molecule has 2 aromatic rings. The van der Waals surface area contributed by atoms with Gasteiger partial charge in [-0.1, -0.05) is 0 Å². The Morgan fingerprint density at radius 1 is 1.32 bits per heavy atom. The number of carbonyl (C=O) groups is 1. The van der Waals surface area contributed by atoms with Crippen molar-refractivity contribution in [3.63, 3.8) is 0 Å². The van der Waals surface area contributed by atoms with E-state index in [1.54, 1.807) is 37.6 Å². The van der Waals surface area contributed by atoms with Gasteiger partial charge in [-0.05, 0) is 38.4 Å². The quantitative estimate of drug-likeness (QED) is 0.836. The lowest BCUT2D eigenvalue weighted by molar-refractivity contribution is 0.0685. The van der Waals surface area contributed by atoms with Gasteiger partial charge in [-0.3, -0.25) is 0 Å². The van der Waals surface area contributed by atoms with E-state index in [1.807, 2.05) is 19.0 Å². The maximum absolute atomic E-state index is 11.3. The average molecular weight is 305 g/mol. The number of carboxylic acids is 1. The van der Waals surface area contributed by atoms with E-state index in [4.69, 9.17) is 9.47 Å². The van der Waals surface area contributed by atoms with E-state index in [9.17, 15) is 9.90 Å². The van der Waals surface area contributed by atoms with Gasteiger partial charge in [-0.15, -0.1) is 0 Å². The van der Waals surface area contributed by atoms with Gasteiger partial charge >= 0.3 is 5.97 Å². The molecule has 0 bridgehead atoms. The summed E-state index contributed by atoms with van der Waals surface area (Å²) >= 11 is 0. The van der Waals surface area contributed by atoms with Crippen LogP contribution >= 0.6 is 0 Å². The highest BCUT2D eigenvalue weighted by molar-refractivity contribution is 5.88. The molecule has 22 heavy (non-hydrogen) atoms. The first-order valence-corrected chi connectivity index (χ1v) is 6.76. The maximum Gasteiger partial charge on any atom is 0.360 e. The lowest BCUT2D eigenvalue weighted by atomic mass is 10.3. The molecule has 1 heterocycles. The number of nitrogens with zero attached hydrogens (tertiary/aromatic N) is 3. The van der Waals surface area contributed by atoms with Gasteiger partial charge in [0.05, 0.1) is 19.0 Å². The summed E-state index contributed by atoms with van der Waals surface area (Å²) in [6.07, 6.45) is 1.57. The monoisotopic (exact) mass is 305 g/mol. The van der Waals surface area contributed by atoms with E-state index in [2.05, 4.69) is 5.10 Å². The highest BCUT2D eigenvalue weighted by atomic mass is 16.5. The molecule has 0 saturated heterocycles.